The second-order valence-corrected chi connectivity index (χ2v) is 4.28. The highest BCUT2D eigenvalue weighted by atomic mass is 19.1. The molecule has 2 rings (SSSR count). The van der Waals surface area contributed by atoms with Gasteiger partial charge in [-0.1, -0.05) is 6.08 Å². The topological polar surface area (TPSA) is 32.5 Å². The van der Waals surface area contributed by atoms with Gasteiger partial charge in [-0.3, -0.25) is 4.90 Å². The van der Waals surface area contributed by atoms with E-state index in [4.69, 9.17) is 5.73 Å². The fourth-order valence-electron chi connectivity index (χ4n) is 2.14. The number of nitrogens with two attached hydrogens (primary N) is 1. The van der Waals surface area contributed by atoms with Crippen LogP contribution in [0.4, 0.5) is 15.8 Å². The van der Waals surface area contributed by atoms with Gasteiger partial charge in [0.05, 0.1) is 11.4 Å². The van der Waals surface area contributed by atoms with Crippen molar-refractivity contribution >= 4 is 11.4 Å². The number of hydrogen-bond donors (Lipinski definition) is 1. The normalized spacial score (nSPS) is 17.1. The van der Waals surface area contributed by atoms with Crippen LogP contribution in [0.1, 0.15) is 0 Å². The van der Waals surface area contributed by atoms with Gasteiger partial charge in [-0.25, -0.2) is 4.39 Å². The minimum Gasteiger partial charge on any atom is -0.397 e. The maximum absolute atomic E-state index is 13.2. The number of benzene rings is 1. The second kappa shape index (κ2) is 5.19. The van der Waals surface area contributed by atoms with Crippen molar-refractivity contribution in [2.24, 2.45) is 0 Å². The van der Waals surface area contributed by atoms with Crippen LogP contribution in [0.3, 0.4) is 0 Å². The molecule has 4 heteroatoms. The molecule has 1 fully saturated rings. The summed E-state index contributed by atoms with van der Waals surface area (Å²) in [7, 11) is 0. The Morgan fingerprint density at radius 2 is 2.00 bits per heavy atom. The summed E-state index contributed by atoms with van der Waals surface area (Å²) in [6.45, 7) is 8.32. The molecule has 0 saturated carbocycles. The quantitative estimate of drug-likeness (QED) is 0.639. The Kier molecular flexibility index (Phi) is 3.64. The van der Waals surface area contributed by atoms with E-state index in [0.29, 0.717) is 5.69 Å². The third-order valence-electron chi connectivity index (χ3n) is 3.09. The maximum Gasteiger partial charge on any atom is 0.125 e. The third kappa shape index (κ3) is 2.77. The highest BCUT2D eigenvalue weighted by Crippen LogP contribution is 2.25. The lowest BCUT2D eigenvalue weighted by molar-refractivity contribution is 0.284. The SMILES string of the molecule is C=CCN1CCN(c2cc(F)ccc2N)CC1. The maximum atomic E-state index is 13.2. The van der Waals surface area contributed by atoms with E-state index in [1.807, 2.05) is 6.08 Å². The largest absolute Gasteiger partial charge is 0.397 e. The van der Waals surface area contributed by atoms with Gasteiger partial charge in [-0.15, -0.1) is 6.58 Å². The lowest BCUT2D eigenvalue weighted by Crippen LogP contribution is -2.46. The Balaban J connectivity index is 2.05. The highest BCUT2D eigenvalue weighted by molar-refractivity contribution is 5.67. The molecule has 0 spiro atoms. The molecule has 2 N–H and O–H groups in total. The van der Waals surface area contributed by atoms with Crippen molar-refractivity contribution in [3.8, 4) is 0 Å². The van der Waals surface area contributed by atoms with Crippen molar-refractivity contribution in [2.75, 3.05) is 43.4 Å². The molecule has 1 saturated heterocycles. The lowest BCUT2D eigenvalue weighted by atomic mass is 10.2. The van der Waals surface area contributed by atoms with E-state index < -0.39 is 0 Å². The minimum atomic E-state index is -0.234. The van der Waals surface area contributed by atoms with Crippen molar-refractivity contribution in [2.45, 2.75) is 0 Å². The van der Waals surface area contributed by atoms with Gasteiger partial charge in [-0.2, -0.15) is 0 Å². The molecule has 1 heterocycles. The average molecular weight is 235 g/mol. The first kappa shape index (κ1) is 11.9. The molecule has 0 atom stereocenters. The zero-order chi connectivity index (χ0) is 12.3. The highest BCUT2D eigenvalue weighted by Gasteiger charge is 2.18. The van der Waals surface area contributed by atoms with Crippen LogP contribution in [-0.4, -0.2) is 37.6 Å². The number of anilines is 2. The zero-order valence-electron chi connectivity index (χ0n) is 9.90. The molecule has 17 heavy (non-hydrogen) atoms. The lowest BCUT2D eigenvalue weighted by Gasteiger charge is -2.36. The third-order valence-corrected chi connectivity index (χ3v) is 3.09. The first-order valence-corrected chi connectivity index (χ1v) is 5.84. The molecule has 3 nitrogen and oxygen atoms in total. The van der Waals surface area contributed by atoms with Gasteiger partial charge in [0.25, 0.3) is 0 Å². The van der Waals surface area contributed by atoms with E-state index in [1.54, 1.807) is 6.07 Å². The number of piperazine rings is 1. The fraction of sp³-hybridized carbons (Fsp3) is 0.385. The number of halogens is 1. The first-order chi connectivity index (χ1) is 8.20. The molecule has 1 aliphatic rings. The summed E-state index contributed by atoms with van der Waals surface area (Å²) in [5.74, 6) is -0.234. The second-order valence-electron chi connectivity index (χ2n) is 4.28. The molecule has 1 aromatic rings. The summed E-state index contributed by atoms with van der Waals surface area (Å²) in [4.78, 5) is 4.46. The van der Waals surface area contributed by atoms with Gasteiger partial charge >= 0.3 is 0 Å². The molecule has 1 aromatic carbocycles. The van der Waals surface area contributed by atoms with Crippen molar-refractivity contribution in [3.63, 3.8) is 0 Å². The molecule has 1 aliphatic heterocycles. The summed E-state index contributed by atoms with van der Waals surface area (Å²) in [6.07, 6.45) is 1.91. The van der Waals surface area contributed by atoms with Crippen LogP contribution < -0.4 is 10.6 Å². The molecule has 92 valence electrons. The summed E-state index contributed by atoms with van der Waals surface area (Å²) >= 11 is 0. The van der Waals surface area contributed by atoms with Crippen LogP contribution in [0.25, 0.3) is 0 Å². The van der Waals surface area contributed by atoms with Crippen LogP contribution in [0, 0.1) is 5.82 Å². The van der Waals surface area contributed by atoms with Crippen molar-refractivity contribution in [3.05, 3.63) is 36.7 Å². The molecular weight excluding hydrogens is 217 g/mol. The van der Waals surface area contributed by atoms with Gasteiger partial charge in [-0.05, 0) is 18.2 Å². The number of nitrogens with zero attached hydrogens (tertiary/aromatic N) is 2. The monoisotopic (exact) mass is 235 g/mol. The predicted molar refractivity (Wildman–Crippen MR) is 69.7 cm³/mol. The van der Waals surface area contributed by atoms with Gasteiger partial charge in [0.1, 0.15) is 5.82 Å². The minimum absolute atomic E-state index is 0.234. The van der Waals surface area contributed by atoms with E-state index in [2.05, 4.69) is 16.4 Å². The smallest absolute Gasteiger partial charge is 0.125 e. The Bertz CT molecular complexity index is 398. The Labute approximate surface area is 101 Å². The summed E-state index contributed by atoms with van der Waals surface area (Å²) < 4.78 is 13.2. The molecule has 0 amide bonds. The van der Waals surface area contributed by atoms with Crippen LogP contribution in [0.2, 0.25) is 0 Å². The number of hydrogen-bond acceptors (Lipinski definition) is 3. The molecule has 0 radical (unpaired) electrons. The summed E-state index contributed by atoms with van der Waals surface area (Å²) in [5, 5.41) is 0. The van der Waals surface area contributed by atoms with Crippen molar-refractivity contribution < 1.29 is 4.39 Å². The Morgan fingerprint density at radius 1 is 1.29 bits per heavy atom. The number of nitrogen functional groups attached to an aromatic ring is 1. The molecule has 0 bridgehead atoms. The standard InChI is InChI=1S/C13H18FN3/c1-2-5-16-6-8-17(9-7-16)13-10-11(14)3-4-12(13)15/h2-4,10H,1,5-9,15H2. The van der Waals surface area contributed by atoms with E-state index >= 15 is 0 Å². The molecular formula is C13H18FN3. The predicted octanol–water partition coefficient (Wildman–Crippen LogP) is 1.72. The van der Waals surface area contributed by atoms with E-state index in [-0.39, 0.29) is 5.82 Å². The molecule has 0 unspecified atom stereocenters. The van der Waals surface area contributed by atoms with E-state index in [9.17, 15) is 4.39 Å². The van der Waals surface area contributed by atoms with Crippen molar-refractivity contribution in [1.29, 1.82) is 0 Å². The van der Waals surface area contributed by atoms with Crippen LogP contribution >= 0.6 is 0 Å². The Morgan fingerprint density at radius 3 is 2.65 bits per heavy atom. The summed E-state index contributed by atoms with van der Waals surface area (Å²) in [6, 6.07) is 4.53. The fourth-order valence-corrected chi connectivity index (χ4v) is 2.14. The van der Waals surface area contributed by atoms with Gasteiger partial charge in [0, 0.05) is 32.7 Å². The van der Waals surface area contributed by atoms with E-state index in [1.165, 1.54) is 12.1 Å². The van der Waals surface area contributed by atoms with E-state index in [0.717, 1.165) is 38.4 Å². The molecule has 0 aliphatic carbocycles. The van der Waals surface area contributed by atoms with Crippen LogP contribution in [0.15, 0.2) is 30.9 Å². The van der Waals surface area contributed by atoms with Gasteiger partial charge in [0.2, 0.25) is 0 Å². The van der Waals surface area contributed by atoms with Crippen LogP contribution in [-0.2, 0) is 0 Å². The first-order valence-electron chi connectivity index (χ1n) is 5.84. The van der Waals surface area contributed by atoms with Crippen LogP contribution in [0.5, 0.6) is 0 Å². The van der Waals surface area contributed by atoms with Gasteiger partial charge in [0.15, 0.2) is 0 Å². The summed E-state index contributed by atoms with van der Waals surface area (Å²) in [5.41, 5.74) is 7.33. The Hall–Kier alpha value is -1.55. The zero-order valence-corrected chi connectivity index (χ0v) is 9.90. The number of rotatable bonds is 3. The van der Waals surface area contributed by atoms with Gasteiger partial charge < -0.3 is 10.6 Å². The van der Waals surface area contributed by atoms with Crippen molar-refractivity contribution in [1.82, 2.24) is 4.90 Å². The average Bonchev–Trinajstić information content (AvgIpc) is 2.34. The molecule has 0 aromatic heterocycles.